The number of para-hydroxylation sites is 1. The largest absolute Gasteiger partial charge is 0.478 e. The van der Waals surface area contributed by atoms with Crippen LogP contribution in [-0.2, 0) is 16.0 Å². The fourth-order valence-corrected chi connectivity index (χ4v) is 4.62. The average Bonchev–Trinajstić information content (AvgIpc) is 2.81. The fraction of sp³-hybridized carbons (Fsp3) is 0.333. The van der Waals surface area contributed by atoms with Crippen molar-refractivity contribution in [1.82, 2.24) is 9.80 Å². The van der Waals surface area contributed by atoms with Gasteiger partial charge in [-0.3, -0.25) is 4.90 Å². The highest BCUT2D eigenvalue weighted by Crippen LogP contribution is 2.44. The second-order valence-corrected chi connectivity index (χ2v) is 8.80. The number of nitrogens with one attached hydrogen (secondary N) is 1. The van der Waals surface area contributed by atoms with Crippen molar-refractivity contribution in [2.24, 2.45) is 0 Å². The number of hydrogen-bond donors (Lipinski definition) is 4. The molecule has 0 bridgehead atoms. The van der Waals surface area contributed by atoms with Crippen molar-refractivity contribution in [2.75, 3.05) is 51.2 Å². The van der Waals surface area contributed by atoms with E-state index in [0.717, 1.165) is 45.7 Å². The number of anilines is 2. The molecule has 0 radical (unpaired) electrons. The van der Waals surface area contributed by atoms with E-state index in [4.69, 9.17) is 15.3 Å². The van der Waals surface area contributed by atoms with Crippen LogP contribution in [0.1, 0.15) is 5.56 Å². The zero-order chi connectivity index (χ0) is 23.6. The molecule has 1 fully saturated rings. The number of aliphatic hydroxyl groups excluding tert-OH is 1. The van der Waals surface area contributed by atoms with Crippen LogP contribution in [-0.4, -0.2) is 82.9 Å². The standard InChI is InChI=1S/C20H25N3OS.C4H4O4/c24-14-13-23-11-9-22(10-12-23)8-7-16-5-6-20-18(15-16)21-17-3-1-2-4-19(17)25-20;5-3(6)1-2-4(7)8/h1-6,15,21,24H,7-14H2;1-2H,(H,5,6)(H,7,8)/b;2-1+. The normalized spacial score (nSPS) is 15.7. The summed E-state index contributed by atoms with van der Waals surface area (Å²) in [4.78, 5) is 26.6. The number of benzene rings is 2. The molecule has 2 aromatic rings. The molecular weight excluding hydrogens is 442 g/mol. The van der Waals surface area contributed by atoms with Gasteiger partial charge in [0.25, 0.3) is 0 Å². The van der Waals surface area contributed by atoms with Crippen LogP contribution in [0.3, 0.4) is 0 Å². The highest BCUT2D eigenvalue weighted by atomic mass is 32.2. The smallest absolute Gasteiger partial charge is 0.328 e. The predicted octanol–water partition coefficient (Wildman–Crippen LogP) is 2.76. The van der Waals surface area contributed by atoms with Crippen molar-refractivity contribution in [1.29, 1.82) is 0 Å². The van der Waals surface area contributed by atoms with Gasteiger partial charge in [-0.25, -0.2) is 9.59 Å². The van der Waals surface area contributed by atoms with Crippen molar-refractivity contribution in [3.05, 3.63) is 60.2 Å². The topological polar surface area (TPSA) is 113 Å². The molecule has 0 amide bonds. The number of aliphatic hydroxyl groups is 1. The summed E-state index contributed by atoms with van der Waals surface area (Å²) >= 11 is 1.84. The van der Waals surface area contributed by atoms with Crippen LogP contribution in [0.4, 0.5) is 11.4 Å². The molecule has 2 aliphatic heterocycles. The van der Waals surface area contributed by atoms with Gasteiger partial charge in [0.15, 0.2) is 0 Å². The van der Waals surface area contributed by atoms with Gasteiger partial charge in [-0.05, 0) is 36.2 Å². The summed E-state index contributed by atoms with van der Waals surface area (Å²) in [5, 5.41) is 28.2. The Kier molecular flexibility index (Phi) is 9.32. The predicted molar refractivity (Wildman–Crippen MR) is 128 cm³/mol. The van der Waals surface area contributed by atoms with E-state index in [1.807, 2.05) is 11.8 Å². The van der Waals surface area contributed by atoms with Crippen LogP contribution in [0, 0.1) is 0 Å². The molecule has 176 valence electrons. The molecule has 4 N–H and O–H groups in total. The Hall–Kier alpha value is -2.85. The van der Waals surface area contributed by atoms with Gasteiger partial charge in [-0.15, -0.1) is 0 Å². The van der Waals surface area contributed by atoms with E-state index in [-0.39, 0.29) is 6.61 Å². The van der Waals surface area contributed by atoms with Crippen LogP contribution in [0.15, 0.2) is 64.4 Å². The molecule has 8 nitrogen and oxygen atoms in total. The summed E-state index contributed by atoms with van der Waals surface area (Å²) in [6, 6.07) is 15.3. The monoisotopic (exact) mass is 471 g/mol. The SMILES string of the molecule is O=C(O)/C=C/C(=O)O.OCCN1CCN(CCc2ccc3c(c2)Nc2ccccc2S3)CC1. The Morgan fingerprint density at radius 1 is 0.879 bits per heavy atom. The minimum atomic E-state index is -1.26. The number of carboxylic acid groups (broad SMARTS) is 2. The highest BCUT2D eigenvalue weighted by molar-refractivity contribution is 7.99. The van der Waals surface area contributed by atoms with Gasteiger partial charge in [0.1, 0.15) is 0 Å². The first-order valence-corrected chi connectivity index (χ1v) is 11.6. The second-order valence-electron chi connectivity index (χ2n) is 7.72. The summed E-state index contributed by atoms with van der Waals surface area (Å²) in [6.45, 7) is 6.53. The zero-order valence-corrected chi connectivity index (χ0v) is 19.1. The van der Waals surface area contributed by atoms with E-state index in [1.54, 1.807) is 0 Å². The molecule has 2 heterocycles. The molecule has 0 unspecified atom stereocenters. The van der Waals surface area contributed by atoms with Gasteiger partial charge in [-0.1, -0.05) is 30.0 Å². The van der Waals surface area contributed by atoms with Crippen molar-refractivity contribution in [3.63, 3.8) is 0 Å². The second kappa shape index (κ2) is 12.4. The Balaban J connectivity index is 0.000000331. The van der Waals surface area contributed by atoms with E-state index in [0.29, 0.717) is 12.2 Å². The third-order valence-electron chi connectivity index (χ3n) is 5.39. The molecule has 9 heteroatoms. The van der Waals surface area contributed by atoms with E-state index in [2.05, 4.69) is 57.6 Å². The maximum absolute atomic E-state index is 9.55. The molecule has 0 aliphatic carbocycles. The van der Waals surface area contributed by atoms with E-state index in [1.165, 1.54) is 26.7 Å². The van der Waals surface area contributed by atoms with Gasteiger partial charge >= 0.3 is 11.9 Å². The lowest BCUT2D eigenvalue weighted by Gasteiger charge is -2.34. The van der Waals surface area contributed by atoms with E-state index in [9.17, 15) is 9.59 Å². The Morgan fingerprint density at radius 3 is 2.12 bits per heavy atom. The van der Waals surface area contributed by atoms with Gasteiger partial charge in [0.2, 0.25) is 0 Å². The van der Waals surface area contributed by atoms with E-state index < -0.39 is 11.9 Å². The number of hydrogen-bond acceptors (Lipinski definition) is 7. The molecule has 2 aliphatic rings. The number of aliphatic carboxylic acids is 2. The van der Waals surface area contributed by atoms with Crippen molar-refractivity contribution in [3.8, 4) is 0 Å². The highest BCUT2D eigenvalue weighted by Gasteiger charge is 2.17. The van der Waals surface area contributed by atoms with Crippen LogP contribution >= 0.6 is 11.8 Å². The number of piperazine rings is 1. The Labute approximate surface area is 197 Å². The summed E-state index contributed by atoms with van der Waals surface area (Å²) < 4.78 is 0. The first kappa shape index (κ1) is 24.8. The average molecular weight is 472 g/mol. The first-order chi connectivity index (χ1) is 15.9. The van der Waals surface area contributed by atoms with Crippen molar-refractivity contribution < 1.29 is 24.9 Å². The molecule has 1 saturated heterocycles. The lowest BCUT2D eigenvalue weighted by Crippen LogP contribution is -2.47. The minimum Gasteiger partial charge on any atom is -0.478 e. The number of nitrogens with zero attached hydrogens (tertiary/aromatic N) is 2. The maximum atomic E-state index is 9.55. The molecule has 0 atom stereocenters. The van der Waals surface area contributed by atoms with Crippen molar-refractivity contribution >= 4 is 35.1 Å². The fourth-order valence-electron chi connectivity index (χ4n) is 3.65. The molecule has 33 heavy (non-hydrogen) atoms. The number of rotatable bonds is 7. The lowest BCUT2D eigenvalue weighted by atomic mass is 10.1. The van der Waals surface area contributed by atoms with Crippen LogP contribution in [0.5, 0.6) is 0 Å². The Bertz CT molecular complexity index is 974. The Morgan fingerprint density at radius 2 is 1.48 bits per heavy atom. The molecule has 0 saturated carbocycles. The first-order valence-electron chi connectivity index (χ1n) is 10.8. The molecule has 4 rings (SSSR count). The molecule has 0 spiro atoms. The number of fused-ring (bicyclic) bond motifs is 2. The summed E-state index contributed by atoms with van der Waals surface area (Å²) in [7, 11) is 0. The van der Waals surface area contributed by atoms with Crippen LogP contribution in [0.25, 0.3) is 0 Å². The number of carbonyl (C=O) groups is 2. The molecular formula is C24H29N3O5S. The van der Waals surface area contributed by atoms with Crippen molar-refractivity contribution in [2.45, 2.75) is 16.2 Å². The summed E-state index contributed by atoms with van der Waals surface area (Å²) in [5.41, 5.74) is 3.83. The van der Waals surface area contributed by atoms with Gasteiger partial charge < -0.3 is 25.5 Å². The zero-order valence-electron chi connectivity index (χ0n) is 18.3. The summed E-state index contributed by atoms with van der Waals surface area (Å²) in [6.07, 6.45) is 2.20. The lowest BCUT2D eigenvalue weighted by molar-refractivity contribution is -0.134. The third kappa shape index (κ3) is 7.90. The maximum Gasteiger partial charge on any atom is 0.328 e. The number of β-amino-alcohol motifs (C(OH)–C–C–N with tert-alkyl or cyclic N) is 1. The third-order valence-corrected chi connectivity index (χ3v) is 6.54. The molecule has 0 aromatic heterocycles. The minimum absolute atomic E-state index is 0.267. The van der Waals surface area contributed by atoms with Gasteiger partial charge in [0.05, 0.1) is 18.0 Å². The van der Waals surface area contributed by atoms with E-state index >= 15 is 0 Å². The van der Waals surface area contributed by atoms with Gasteiger partial charge in [-0.2, -0.15) is 0 Å². The van der Waals surface area contributed by atoms with Crippen LogP contribution in [0.2, 0.25) is 0 Å². The van der Waals surface area contributed by atoms with Crippen LogP contribution < -0.4 is 5.32 Å². The van der Waals surface area contributed by atoms with Gasteiger partial charge in [0, 0.05) is 61.2 Å². The number of carboxylic acids is 2. The molecule has 2 aromatic carbocycles. The quantitative estimate of drug-likeness (QED) is 0.386. The summed E-state index contributed by atoms with van der Waals surface area (Å²) in [5.74, 6) is -2.51.